The molecule has 6 heteroatoms. The SMILES string of the molecule is CC(O)(c1cccnc1)c1nc2c3ccc(F)cc3c3cnccc3c2s1. The molecule has 5 rings (SSSR count). The summed E-state index contributed by atoms with van der Waals surface area (Å²) in [5.41, 5.74) is 0.155. The lowest BCUT2D eigenvalue weighted by atomic mass is 9.98. The van der Waals surface area contributed by atoms with Crippen molar-refractivity contribution < 1.29 is 9.50 Å². The van der Waals surface area contributed by atoms with Crippen LogP contribution in [0.15, 0.2) is 61.2 Å². The van der Waals surface area contributed by atoms with Crippen molar-refractivity contribution in [1.29, 1.82) is 0 Å². The third-order valence-electron chi connectivity index (χ3n) is 4.86. The molecule has 0 aliphatic heterocycles. The zero-order valence-corrected chi connectivity index (χ0v) is 15.2. The molecule has 1 unspecified atom stereocenters. The topological polar surface area (TPSA) is 58.9 Å². The Kier molecular flexibility index (Phi) is 3.47. The quantitative estimate of drug-likeness (QED) is 0.451. The van der Waals surface area contributed by atoms with E-state index >= 15 is 0 Å². The van der Waals surface area contributed by atoms with E-state index in [-0.39, 0.29) is 5.82 Å². The molecule has 0 aliphatic carbocycles. The van der Waals surface area contributed by atoms with Crippen LogP contribution in [0.2, 0.25) is 0 Å². The Balaban J connectivity index is 1.89. The average Bonchev–Trinajstić information content (AvgIpc) is 3.15. The number of hydrogen-bond acceptors (Lipinski definition) is 5. The number of pyridine rings is 2. The summed E-state index contributed by atoms with van der Waals surface area (Å²) < 4.78 is 14.8. The third kappa shape index (κ3) is 2.41. The van der Waals surface area contributed by atoms with E-state index in [1.165, 1.54) is 23.5 Å². The van der Waals surface area contributed by atoms with E-state index in [0.29, 0.717) is 10.6 Å². The van der Waals surface area contributed by atoms with Crippen LogP contribution < -0.4 is 0 Å². The third-order valence-corrected chi connectivity index (χ3v) is 6.16. The van der Waals surface area contributed by atoms with Crippen LogP contribution in [-0.2, 0) is 5.60 Å². The lowest BCUT2D eigenvalue weighted by Gasteiger charge is -2.20. The first-order valence-corrected chi connectivity index (χ1v) is 9.26. The van der Waals surface area contributed by atoms with Crippen LogP contribution in [0.25, 0.3) is 31.8 Å². The Morgan fingerprint density at radius 3 is 2.63 bits per heavy atom. The van der Waals surface area contributed by atoms with Gasteiger partial charge in [-0.25, -0.2) is 9.37 Å². The number of benzene rings is 2. The molecular formula is C21H14FN3OS. The molecule has 1 atom stereocenters. The van der Waals surface area contributed by atoms with Crippen molar-refractivity contribution in [2.75, 3.05) is 0 Å². The van der Waals surface area contributed by atoms with Crippen molar-refractivity contribution in [3.8, 4) is 0 Å². The summed E-state index contributed by atoms with van der Waals surface area (Å²) >= 11 is 1.44. The van der Waals surface area contributed by atoms with Crippen LogP contribution in [0.3, 0.4) is 0 Å². The van der Waals surface area contributed by atoms with Crippen LogP contribution in [-0.4, -0.2) is 20.1 Å². The first-order chi connectivity index (χ1) is 13.1. The molecule has 0 amide bonds. The minimum absolute atomic E-state index is 0.301. The number of halogens is 1. The number of rotatable bonds is 2. The van der Waals surface area contributed by atoms with Gasteiger partial charge in [-0.3, -0.25) is 9.97 Å². The Morgan fingerprint density at radius 1 is 0.963 bits per heavy atom. The van der Waals surface area contributed by atoms with Gasteiger partial charge in [0, 0.05) is 46.5 Å². The van der Waals surface area contributed by atoms with Crippen LogP contribution in [0.5, 0.6) is 0 Å². The van der Waals surface area contributed by atoms with Gasteiger partial charge in [0.25, 0.3) is 0 Å². The zero-order valence-electron chi connectivity index (χ0n) is 14.3. The molecule has 0 spiro atoms. The maximum Gasteiger partial charge on any atom is 0.140 e. The Hall–Kier alpha value is -2.96. The van der Waals surface area contributed by atoms with E-state index in [4.69, 9.17) is 4.98 Å². The van der Waals surface area contributed by atoms with Gasteiger partial charge in [-0.15, -0.1) is 11.3 Å². The molecular weight excluding hydrogens is 361 g/mol. The summed E-state index contributed by atoms with van der Waals surface area (Å²) in [7, 11) is 0. The molecule has 4 nitrogen and oxygen atoms in total. The number of nitrogens with zero attached hydrogens (tertiary/aromatic N) is 3. The molecule has 3 aromatic heterocycles. The molecule has 5 aromatic rings. The Labute approximate surface area is 158 Å². The van der Waals surface area contributed by atoms with Crippen molar-refractivity contribution in [1.82, 2.24) is 15.0 Å². The molecule has 0 fully saturated rings. The molecule has 0 saturated heterocycles. The predicted octanol–water partition coefficient (Wildman–Crippen LogP) is 4.79. The van der Waals surface area contributed by atoms with Gasteiger partial charge < -0.3 is 5.11 Å². The van der Waals surface area contributed by atoms with Gasteiger partial charge in [-0.1, -0.05) is 6.07 Å². The minimum Gasteiger partial charge on any atom is -0.378 e. The van der Waals surface area contributed by atoms with Crippen molar-refractivity contribution in [3.05, 3.63) is 77.6 Å². The number of fused-ring (bicyclic) bond motifs is 6. The van der Waals surface area contributed by atoms with Gasteiger partial charge in [0.05, 0.1) is 10.2 Å². The van der Waals surface area contributed by atoms with Crippen LogP contribution in [0.4, 0.5) is 4.39 Å². The monoisotopic (exact) mass is 375 g/mol. The summed E-state index contributed by atoms with van der Waals surface area (Å²) in [4.78, 5) is 13.1. The number of thiazole rings is 1. The van der Waals surface area contributed by atoms with Gasteiger partial charge in [0.2, 0.25) is 0 Å². The van der Waals surface area contributed by atoms with Crippen molar-refractivity contribution in [3.63, 3.8) is 0 Å². The fourth-order valence-electron chi connectivity index (χ4n) is 3.42. The Morgan fingerprint density at radius 2 is 1.81 bits per heavy atom. The normalized spacial score (nSPS) is 14.0. The molecule has 1 N–H and O–H groups in total. The van der Waals surface area contributed by atoms with Gasteiger partial charge in [0.1, 0.15) is 16.4 Å². The van der Waals surface area contributed by atoms with E-state index in [1.54, 1.807) is 43.8 Å². The van der Waals surface area contributed by atoms with E-state index < -0.39 is 5.60 Å². The van der Waals surface area contributed by atoms with Gasteiger partial charge in [-0.2, -0.15) is 0 Å². The summed E-state index contributed by atoms with van der Waals surface area (Å²) in [5.74, 6) is -0.301. The van der Waals surface area contributed by atoms with E-state index in [9.17, 15) is 9.50 Å². The highest BCUT2D eigenvalue weighted by molar-refractivity contribution is 7.20. The first-order valence-electron chi connectivity index (χ1n) is 8.44. The maximum atomic E-state index is 13.9. The van der Waals surface area contributed by atoms with Crippen LogP contribution in [0.1, 0.15) is 17.5 Å². The van der Waals surface area contributed by atoms with Gasteiger partial charge >= 0.3 is 0 Å². The molecule has 0 bridgehead atoms. The lowest BCUT2D eigenvalue weighted by Crippen LogP contribution is -2.22. The smallest absolute Gasteiger partial charge is 0.140 e. The summed E-state index contributed by atoms with van der Waals surface area (Å²) in [6, 6.07) is 10.2. The number of hydrogen-bond donors (Lipinski definition) is 1. The first kappa shape index (κ1) is 16.2. The van der Waals surface area contributed by atoms with E-state index in [1.807, 2.05) is 12.1 Å². The maximum absolute atomic E-state index is 13.9. The number of aliphatic hydroxyl groups is 1. The molecule has 27 heavy (non-hydrogen) atoms. The highest BCUT2D eigenvalue weighted by atomic mass is 32.1. The fraction of sp³-hybridized carbons (Fsp3) is 0.0952. The molecule has 0 radical (unpaired) electrons. The van der Waals surface area contributed by atoms with E-state index in [0.717, 1.165) is 31.8 Å². The lowest BCUT2D eigenvalue weighted by molar-refractivity contribution is 0.102. The van der Waals surface area contributed by atoms with Crippen LogP contribution in [0, 0.1) is 5.82 Å². The standard InChI is InChI=1S/C21H14FN3OS/c1-21(26,12-3-2-7-23-10-12)20-25-18-14-5-4-13(22)9-16(14)17-11-24-8-6-15(17)19(18)27-20/h2-11,26H,1H3. The van der Waals surface area contributed by atoms with E-state index in [2.05, 4.69) is 9.97 Å². The highest BCUT2D eigenvalue weighted by Crippen LogP contribution is 2.41. The van der Waals surface area contributed by atoms with Crippen LogP contribution >= 0.6 is 11.3 Å². The van der Waals surface area contributed by atoms with Gasteiger partial charge in [-0.05, 0) is 42.6 Å². The predicted molar refractivity (Wildman–Crippen MR) is 105 cm³/mol. The second kappa shape index (κ2) is 5.77. The second-order valence-corrected chi connectivity index (χ2v) is 7.62. The second-order valence-electron chi connectivity index (χ2n) is 6.62. The molecule has 2 aromatic carbocycles. The Bertz CT molecular complexity index is 1320. The highest BCUT2D eigenvalue weighted by Gasteiger charge is 2.30. The van der Waals surface area contributed by atoms with Crippen molar-refractivity contribution in [2.24, 2.45) is 0 Å². The summed E-state index contributed by atoms with van der Waals surface area (Å²) in [6.45, 7) is 1.72. The van der Waals surface area contributed by atoms with Crippen molar-refractivity contribution >= 4 is 43.1 Å². The minimum atomic E-state index is -1.27. The summed E-state index contributed by atoms with van der Waals surface area (Å²) in [6.07, 6.45) is 6.77. The fourth-order valence-corrected chi connectivity index (χ4v) is 4.61. The van der Waals surface area contributed by atoms with Gasteiger partial charge in [0.15, 0.2) is 0 Å². The molecule has 132 valence electrons. The zero-order chi connectivity index (χ0) is 18.6. The number of aromatic nitrogens is 3. The summed E-state index contributed by atoms with van der Waals surface area (Å²) in [5, 5.41) is 15.2. The molecule has 3 heterocycles. The largest absolute Gasteiger partial charge is 0.378 e. The molecule has 0 aliphatic rings. The molecule has 0 saturated carbocycles. The average molecular weight is 375 g/mol. The van der Waals surface area contributed by atoms with Crippen molar-refractivity contribution in [2.45, 2.75) is 12.5 Å².